The largest absolute Gasteiger partial charge is 0.444 e. The molecule has 0 aliphatic heterocycles. The number of esters is 1. The molecule has 1 rings (SSSR count). The molecule has 8 nitrogen and oxygen atoms in total. The quantitative estimate of drug-likeness (QED) is 0.348. The Morgan fingerprint density at radius 2 is 1.68 bits per heavy atom. The average Bonchev–Trinajstić information content (AvgIpc) is 2.45. The molecule has 1 atom stereocenters. The maximum absolute atomic E-state index is 12.5. The highest BCUT2D eigenvalue weighted by atomic mass is 16.6. The number of ether oxygens (including phenoxy) is 2. The smallest absolute Gasteiger partial charge is 0.410 e. The lowest BCUT2D eigenvalue weighted by Gasteiger charge is -2.31. The minimum absolute atomic E-state index is 0.105. The van der Waals surface area contributed by atoms with Gasteiger partial charge in [-0.3, -0.25) is 15.0 Å². The van der Waals surface area contributed by atoms with Crippen molar-refractivity contribution in [2.24, 2.45) is 5.92 Å². The van der Waals surface area contributed by atoms with E-state index in [1.165, 1.54) is 36.2 Å². The first kappa shape index (κ1) is 20.4. The fourth-order valence-electron chi connectivity index (χ4n) is 2.14. The van der Waals surface area contributed by atoms with E-state index in [0.717, 1.165) is 0 Å². The summed E-state index contributed by atoms with van der Waals surface area (Å²) < 4.78 is 10.5. The van der Waals surface area contributed by atoms with E-state index in [1.54, 1.807) is 34.6 Å². The van der Waals surface area contributed by atoms with Crippen molar-refractivity contribution in [2.45, 2.75) is 46.3 Å². The van der Waals surface area contributed by atoms with Crippen LogP contribution in [0.15, 0.2) is 24.3 Å². The zero-order valence-electron chi connectivity index (χ0n) is 15.3. The number of amides is 1. The van der Waals surface area contributed by atoms with Crippen molar-refractivity contribution in [1.29, 1.82) is 0 Å². The fourth-order valence-corrected chi connectivity index (χ4v) is 2.14. The van der Waals surface area contributed by atoms with Crippen LogP contribution in [0.2, 0.25) is 0 Å². The summed E-state index contributed by atoms with van der Waals surface area (Å²) in [6.45, 7) is 8.76. The van der Waals surface area contributed by atoms with E-state index >= 15 is 0 Å². The third-order valence-electron chi connectivity index (χ3n) is 3.24. The Labute approximate surface area is 146 Å². The van der Waals surface area contributed by atoms with Crippen LogP contribution in [0.1, 0.15) is 34.6 Å². The average molecular weight is 352 g/mol. The van der Waals surface area contributed by atoms with Gasteiger partial charge >= 0.3 is 12.1 Å². The van der Waals surface area contributed by atoms with Crippen molar-refractivity contribution < 1.29 is 24.0 Å². The van der Waals surface area contributed by atoms with Gasteiger partial charge in [0.2, 0.25) is 0 Å². The van der Waals surface area contributed by atoms with Gasteiger partial charge in [0.05, 0.1) is 4.92 Å². The number of likely N-dealkylation sites (N-methyl/N-ethyl adjacent to an activating group) is 1. The second kappa shape index (κ2) is 7.96. The molecule has 0 bridgehead atoms. The molecule has 8 heteroatoms. The number of nitro groups is 1. The Morgan fingerprint density at radius 1 is 1.16 bits per heavy atom. The summed E-state index contributed by atoms with van der Waals surface area (Å²) >= 11 is 0. The summed E-state index contributed by atoms with van der Waals surface area (Å²) in [4.78, 5) is 36.0. The summed E-state index contributed by atoms with van der Waals surface area (Å²) in [5, 5.41) is 10.7. The van der Waals surface area contributed by atoms with E-state index in [0.29, 0.717) is 0 Å². The molecule has 25 heavy (non-hydrogen) atoms. The van der Waals surface area contributed by atoms with Gasteiger partial charge in [0.15, 0.2) is 0 Å². The van der Waals surface area contributed by atoms with Crippen molar-refractivity contribution in [3.05, 3.63) is 34.4 Å². The molecule has 0 saturated carbocycles. The van der Waals surface area contributed by atoms with Gasteiger partial charge in [0, 0.05) is 19.2 Å². The van der Waals surface area contributed by atoms with E-state index in [9.17, 15) is 19.7 Å². The van der Waals surface area contributed by atoms with Crippen LogP contribution in [0.25, 0.3) is 0 Å². The van der Waals surface area contributed by atoms with Gasteiger partial charge in [0.25, 0.3) is 5.69 Å². The van der Waals surface area contributed by atoms with E-state index < -0.39 is 28.6 Å². The number of nitro benzene ring substituents is 1. The van der Waals surface area contributed by atoms with Crippen LogP contribution in [0.5, 0.6) is 5.75 Å². The Hall–Kier alpha value is -2.64. The van der Waals surface area contributed by atoms with Crippen molar-refractivity contribution in [2.75, 3.05) is 7.05 Å². The molecule has 1 amide bonds. The highest BCUT2D eigenvalue weighted by Crippen LogP contribution is 2.21. The highest BCUT2D eigenvalue weighted by molar-refractivity contribution is 5.83. The molecule has 0 aromatic heterocycles. The molecular formula is C17H24N2O6. The van der Waals surface area contributed by atoms with Crippen LogP contribution in [-0.4, -0.2) is 40.6 Å². The maximum atomic E-state index is 12.5. The zero-order chi connectivity index (χ0) is 19.4. The van der Waals surface area contributed by atoms with Gasteiger partial charge in [-0.05, 0) is 38.8 Å². The van der Waals surface area contributed by atoms with Gasteiger partial charge in [-0.25, -0.2) is 9.59 Å². The van der Waals surface area contributed by atoms with Gasteiger partial charge in [-0.2, -0.15) is 0 Å². The number of rotatable bonds is 5. The molecular weight excluding hydrogens is 328 g/mol. The number of carbonyl (C=O) groups excluding carboxylic acids is 2. The minimum Gasteiger partial charge on any atom is -0.444 e. The third kappa shape index (κ3) is 6.06. The second-order valence-corrected chi connectivity index (χ2v) is 6.95. The van der Waals surface area contributed by atoms with Crippen LogP contribution in [0.4, 0.5) is 10.5 Å². The van der Waals surface area contributed by atoms with E-state index in [2.05, 4.69) is 0 Å². The molecule has 1 unspecified atom stereocenters. The van der Waals surface area contributed by atoms with Crippen molar-refractivity contribution >= 4 is 17.7 Å². The van der Waals surface area contributed by atoms with Crippen molar-refractivity contribution in [3.63, 3.8) is 0 Å². The maximum Gasteiger partial charge on any atom is 0.410 e. The Balaban J connectivity index is 2.89. The molecule has 0 saturated heterocycles. The Morgan fingerprint density at radius 3 is 2.08 bits per heavy atom. The van der Waals surface area contributed by atoms with Crippen LogP contribution >= 0.6 is 0 Å². The van der Waals surface area contributed by atoms with E-state index in [-0.39, 0.29) is 17.4 Å². The normalized spacial score (nSPS) is 12.4. The number of hydrogen-bond donors (Lipinski definition) is 0. The molecule has 0 aliphatic carbocycles. The topological polar surface area (TPSA) is 99.0 Å². The number of benzene rings is 1. The monoisotopic (exact) mass is 352 g/mol. The lowest BCUT2D eigenvalue weighted by Crippen LogP contribution is -2.49. The summed E-state index contributed by atoms with van der Waals surface area (Å²) in [6, 6.07) is 4.29. The summed E-state index contributed by atoms with van der Waals surface area (Å²) in [5.74, 6) is -0.695. The molecule has 138 valence electrons. The van der Waals surface area contributed by atoms with Gasteiger partial charge in [0.1, 0.15) is 17.4 Å². The summed E-state index contributed by atoms with van der Waals surface area (Å²) in [6.07, 6.45) is -0.633. The van der Waals surface area contributed by atoms with Crippen LogP contribution in [-0.2, 0) is 9.53 Å². The third-order valence-corrected chi connectivity index (χ3v) is 3.24. The predicted octanol–water partition coefficient (Wildman–Crippen LogP) is 3.39. The predicted molar refractivity (Wildman–Crippen MR) is 91.4 cm³/mol. The van der Waals surface area contributed by atoms with Crippen LogP contribution < -0.4 is 4.74 Å². The SMILES string of the molecule is CC(C)C(C(=O)Oc1ccc([N+](=O)[O-])cc1)N(C)C(=O)OC(C)(C)C. The Kier molecular flexibility index (Phi) is 6.49. The van der Waals surface area contributed by atoms with Crippen LogP contribution in [0.3, 0.4) is 0 Å². The number of hydrogen-bond acceptors (Lipinski definition) is 6. The number of non-ortho nitro benzene ring substituents is 1. The molecule has 0 N–H and O–H groups in total. The first-order chi connectivity index (χ1) is 11.4. The Bertz CT molecular complexity index is 634. The molecule has 1 aromatic carbocycles. The van der Waals surface area contributed by atoms with Gasteiger partial charge in [-0.1, -0.05) is 13.8 Å². The number of carbonyl (C=O) groups is 2. The molecule has 0 aliphatic rings. The first-order valence-corrected chi connectivity index (χ1v) is 7.84. The molecule has 0 spiro atoms. The van der Waals surface area contributed by atoms with Gasteiger partial charge in [-0.15, -0.1) is 0 Å². The lowest BCUT2D eigenvalue weighted by atomic mass is 10.0. The van der Waals surface area contributed by atoms with Crippen molar-refractivity contribution in [1.82, 2.24) is 4.90 Å². The fraction of sp³-hybridized carbons (Fsp3) is 0.529. The summed E-state index contributed by atoms with van der Waals surface area (Å²) in [7, 11) is 1.47. The van der Waals surface area contributed by atoms with Crippen molar-refractivity contribution in [3.8, 4) is 5.75 Å². The molecule has 0 radical (unpaired) electrons. The molecule has 0 heterocycles. The van der Waals surface area contributed by atoms with Crippen LogP contribution in [0, 0.1) is 16.0 Å². The standard InChI is InChI=1S/C17H24N2O6/c1-11(2)14(18(6)16(21)25-17(3,4)5)15(20)24-13-9-7-12(8-10-13)19(22)23/h7-11,14H,1-6H3. The summed E-state index contributed by atoms with van der Waals surface area (Å²) in [5.41, 5.74) is -0.791. The second-order valence-electron chi connectivity index (χ2n) is 6.95. The molecule has 0 fully saturated rings. The molecule has 1 aromatic rings. The zero-order valence-corrected chi connectivity index (χ0v) is 15.3. The van der Waals surface area contributed by atoms with Gasteiger partial charge < -0.3 is 9.47 Å². The number of nitrogens with zero attached hydrogens (tertiary/aromatic N) is 2. The van der Waals surface area contributed by atoms with E-state index in [4.69, 9.17) is 9.47 Å². The van der Waals surface area contributed by atoms with E-state index in [1.807, 2.05) is 0 Å². The highest BCUT2D eigenvalue weighted by Gasteiger charge is 2.34. The minimum atomic E-state index is -0.856. The first-order valence-electron chi connectivity index (χ1n) is 7.84. The lowest BCUT2D eigenvalue weighted by molar-refractivity contribution is -0.384.